The van der Waals surface area contributed by atoms with Gasteiger partial charge < -0.3 is 9.84 Å². The van der Waals surface area contributed by atoms with E-state index in [1.54, 1.807) is 11.8 Å². The lowest BCUT2D eigenvalue weighted by Crippen LogP contribution is -2.29. The molecule has 3 aromatic carbocycles. The summed E-state index contributed by atoms with van der Waals surface area (Å²) in [6.07, 6.45) is 0.748. The van der Waals surface area contributed by atoms with Gasteiger partial charge in [-0.15, -0.1) is 11.8 Å². The number of hydrogen-bond acceptors (Lipinski definition) is 4. The van der Waals surface area contributed by atoms with Gasteiger partial charge in [0, 0.05) is 28.7 Å². The topological polar surface area (TPSA) is 54.8 Å². The van der Waals surface area contributed by atoms with Crippen molar-refractivity contribution in [3.05, 3.63) is 58.9 Å². The molecule has 0 fully saturated rings. The summed E-state index contributed by atoms with van der Waals surface area (Å²) in [6.45, 7) is 2.72. The van der Waals surface area contributed by atoms with Crippen LogP contribution in [0.5, 0.6) is 5.75 Å². The average molecular weight is 420 g/mol. The number of rotatable bonds is 6. The van der Waals surface area contributed by atoms with E-state index in [0.29, 0.717) is 6.61 Å². The number of fused-ring (bicyclic) bond motifs is 4. The predicted octanol–water partition coefficient (Wildman–Crippen LogP) is 3.89. The summed E-state index contributed by atoms with van der Waals surface area (Å²) in [7, 11) is 2.01. The number of pyridine rings is 1. The third-order valence-corrected chi connectivity index (χ3v) is 6.78. The molecule has 5 aromatic rings. The molecule has 2 heterocycles. The monoisotopic (exact) mass is 419 g/mol. The van der Waals surface area contributed by atoms with Gasteiger partial charge in [-0.1, -0.05) is 12.1 Å². The highest BCUT2D eigenvalue weighted by atomic mass is 32.2. The Hall–Kier alpha value is -2.83. The van der Waals surface area contributed by atoms with Crippen LogP contribution < -0.4 is 14.9 Å². The number of imidazole rings is 1. The Bertz CT molecular complexity index is 1460. The normalized spacial score (nSPS) is 12.0. The van der Waals surface area contributed by atoms with E-state index < -0.39 is 0 Å². The molecule has 0 amide bonds. The lowest BCUT2D eigenvalue weighted by Gasteiger charge is -2.09. The highest BCUT2D eigenvalue weighted by Gasteiger charge is 2.25. The van der Waals surface area contributed by atoms with Crippen molar-refractivity contribution in [1.82, 2.24) is 4.40 Å². The number of hydrogen-bond donors (Lipinski definition) is 1. The first-order valence-electron chi connectivity index (χ1n) is 10.2. The zero-order valence-corrected chi connectivity index (χ0v) is 17.8. The summed E-state index contributed by atoms with van der Waals surface area (Å²) in [6, 6.07) is 16.1. The van der Waals surface area contributed by atoms with Crippen molar-refractivity contribution < 1.29 is 14.4 Å². The second-order valence-corrected chi connectivity index (χ2v) is 8.51. The molecular weight excluding hydrogens is 396 g/mol. The van der Waals surface area contributed by atoms with E-state index in [2.05, 4.69) is 22.8 Å². The highest BCUT2D eigenvalue weighted by molar-refractivity contribution is 7.99. The van der Waals surface area contributed by atoms with Crippen molar-refractivity contribution in [2.24, 2.45) is 7.05 Å². The lowest BCUT2D eigenvalue weighted by molar-refractivity contribution is -0.617. The third-order valence-electron chi connectivity index (χ3n) is 5.62. The fourth-order valence-electron chi connectivity index (χ4n) is 4.34. The van der Waals surface area contributed by atoms with Gasteiger partial charge >= 0.3 is 5.56 Å². The zero-order chi connectivity index (χ0) is 20.8. The Morgan fingerprint density at radius 1 is 1.10 bits per heavy atom. The predicted molar refractivity (Wildman–Crippen MR) is 122 cm³/mol. The van der Waals surface area contributed by atoms with Crippen molar-refractivity contribution in [3.63, 3.8) is 0 Å². The van der Waals surface area contributed by atoms with Crippen LogP contribution in [-0.2, 0) is 7.05 Å². The van der Waals surface area contributed by atoms with Crippen LogP contribution in [0.4, 0.5) is 0 Å². The second kappa shape index (κ2) is 7.45. The molecule has 5 nitrogen and oxygen atoms in total. The van der Waals surface area contributed by atoms with E-state index in [9.17, 15) is 4.79 Å². The van der Waals surface area contributed by atoms with Crippen molar-refractivity contribution >= 4 is 50.0 Å². The van der Waals surface area contributed by atoms with Crippen LogP contribution in [0.15, 0.2) is 58.2 Å². The molecule has 30 heavy (non-hydrogen) atoms. The van der Waals surface area contributed by atoms with Crippen molar-refractivity contribution in [2.75, 3.05) is 19.0 Å². The summed E-state index contributed by atoms with van der Waals surface area (Å²) in [5, 5.41) is 13.0. The molecule has 0 aliphatic carbocycles. The van der Waals surface area contributed by atoms with Gasteiger partial charge in [0.1, 0.15) is 5.75 Å². The summed E-state index contributed by atoms with van der Waals surface area (Å²) in [5.74, 6) is 1.61. The summed E-state index contributed by atoms with van der Waals surface area (Å²) in [5.41, 5.74) is 2.72. The van der Waals surface area contributed by atoms with E-state index in [4.69, 9.17) is 9.84 Å². The van der Waals surface area contributed by atoms with Crippen LogP contribution in [0.25, 0.3) is 38.2 Å². The maximum atomic E-state index is 13.6. The second-order valence-electron chi connectivity index (χ2n) is 7.37. The van der Waals surface area contributed by atoms with Gasteiger partial charge in [0.05, 0.1) is 24.4 Å². The molecule has 1 N–H and O–H groups in total. The molecule has 0 radical (unpaired) electrons. The SMILES string of the molecule is CCOc1ccc2c(c1)n1c(=O)c3cccc4c(SCCCO)ccc(c43)c1[n+]2C. The number of ether oxygens (including phenoxy) is 1. The van der Waals surface area contributed by atoms with Crippen molar-refractivity contribution in [2.45, 2.75) is 18.2 Å². The van der Waals surface area contributed by atoms with Gasteiger partial charge in [-0.25, -0.2) is 9.36 Å². The maximum Gasteiger partial charge on any atom is 0.347 e. The first kappa shape index (κ1) is 19.2. The largest absolute Gasteiger partial charge is 0.494 e. The Kier molecular flexibility index (Phi) is 4.76. The Balaban J connectivity index is 1.90. The van der Waals surface area contributed by atoms with Gasteiger partial charge in [0.25, 0.3) is 5.65 Å². The maximum absolute atomic E-state index is 13.6. The minimum atomic E-state index is -0.0140. The number of aliphatic hydroxyl groups is 1. The van der Waals surface area contributed by atoms with Crippen LogP contribution in [0.2, 0.25) is 0 Å². The molecule has 0 aliphatic heterocycles. The number of thioether (sulfide) groups is 1. The van der Waals surface area contributed by atoms with E-state index >= 15 is 0 Å². The standard InChI is InChI=1S/C24H23N2O3S/c1-3-29-15-8-10-19-20(14-15)26-23(25(19)2)17-9-11-21(30-13-5-12-27)16-6-4-7-18(22(16)17)24(26)28/h4,6-11,14,27H,3,5,12-13H2,1-2H3/q+1. The third kappa shape index (κ3) is 2.75. The fourth-order valence-corrected chi connectivity index (χ4v) is 5.33. The van der Waals surface area contributed by atoms with E-state index in [0.717, 1.165) is 61.0 Å². The molecule has 0 atom stereocenters. The smallest absolute Gasteiger partial charge is 0.347 e. The average Bonchev–Trinajstić information content (AvgIpc) is 3.05. The highest BCUT2D eigenvalue weighted by Crippen LogP contribution is 2.35. The molecule has 152 valence electrons. The summed E-state index contributed by atoms with van der Waals surface area (Å²) < 4.78 is 9.59. The number of aryl methyl sites for hydroxylation is 1. The first-order valence-corrected chi connectivity index (χ1v) is 11.2. The molecule has 6 heteroatoms. The van der Waals surface area contributed by atoms with E-state index in [1.807, 2.05) is 48.7 Å². The minimum absolute atomic E-state index is 0.0140. The van der Waals surface area contributed by atoms with Crippen LogP contribution >= 0.6 is 11.8 Å². The molecule has 2 aromatic heterocycles. The molecule has 0 aliphatic rings. The Morgan fingerprint density at radius 3 is 2.73 bits per heavy atom. The molecule has 0 saturated heterocycles. The molecule has 0 saturated carbocycles. The van der Waals surface area contributed by atoms with Crippen LogP contribution in [-0.4, -0.2) is 28.5 Å². The van der Waals surface area contributed by atoms with Gasteiger partial charge in [-0.2, -0.15) is 4.40 Å². The number of aromatic nitrogens is 2. The van der Waals surface area contributed by atoms with Gasteiger partial charge in [-0.05, 0) is 49.1 Å². The van der Waals surface area contributed by atoms with Crippen molar-refractivity contribution in [1.29, 1.82) is 0 Å². The summed E-state index contributed by atoms with van der Waals surface area (Å²) >= 11 is 1.72. The number of aliphatic hydroxyl groups excluding tert-OH is 1. The van der Waals surface area contributed by atoms with Crippen LogP contribution in [0.3, 0.4) is 0 Å². The lowest BCUT2D eigenvalue weighted by atomic mass is 10.0. The van der Waals surface area contributed by atoms with Gasteiger partial charge in [0.2, 0.25) is 0 Å². The van der Waals surface area contributed by atoms with E-state index in [1.165, 1.54) is 0 Å². The Morgan fingerprint density at radius 2 is 1.93 bits per heavy atom. The zero-order valence-electron chi connectivity index (χ0n) is 17.0. The Labute approximate surface area is 177 Å². The minimum Gasteiger partial charge on any atom is -0.494 e. The molecule has 0 unspecified atom stereocenters. The quantitative estimate of drug-likeness (QED) is 0.258. The van der Waals surface area contributed by atoms with Gasteiger partial charge in [0.15, 0.2) is 11.0 Å². The fraction of sp³-hybridized carbons (Fsp3) is 0.250. The first-order chi connectivity index (χ1) is 14.7. The van der Waals surface area contributed by atoms with Crippen LogP contribution in [0.1, 0.15) is 13.3 Å². The van der Waals surface area contributed by atoms with Gasteiger partial charge in [-0.3, -0.25) is 0 Å². The molecule has 5 rings (SSSR count). The molecular formula is C24H23N2O3S+. The van der Waals surface area contributed by atoms with E-state index in [-0.39, 0.29) is 12.2 Å². The molecule has 0 spiro atoms. The van der Waals surface area contributed by atoms with Crippen LogP contribution in [0, 0.1) is 0 Å². The number of nitrogens with zero attached hydrogens (tertiary/aromatic N) is 2. The number of benzene rings is 3. The van der Waals surface area contributed by atoms with Crippen molar-refractivity contribution in [3.8, 4) is 5.75 Å². The molecule has 0 bridgehead atoms. The summed E-state index contributed by atoms with van der Waals surface area (Å²) in [4.78, 5) is 14.8.